The molecule has 2 aromatic carbocycles. The van der Waals surface area contributed by atoms with Crippen LogP contribution in [-0.4, -0.2) is 41.4 Å². The maximum absolute atomic E-state index is 13.2. The van der Waals surface area contributed by atoms with Crippen LogP contribution in [0.1, 0.15) is 17.5 Å². The van der Waals surface area contributed by atoms with Crippen molar-refractivity contribution < 1.29 is 23.0 Å². The summed E-state index contributed by atoms with van der Waals surface area (Å²) >= 11 is 0. The van der Waals surface area contributed by atoms with Gasteiger partial charge in [0.2, 0.25) is 0 Å². The summed E-state index contributed by atoms with van der Waals surface area (Å²) in [4.78, 5) is 22.5. The van der Waals surface area contributed by atoms with Gasteiger partial charge in [-0.1, -0.05) is 24.3 Å². The van der Waals surface area contributed by atoms with E-state index in [0.29, 0.717) is 48.6 Å². The van der Waals surface area contributed by atoms with Crippen LogP contribution in [0.5, 0.6) is 0 Å². The molecule has 4 aromatic rings. The second-order valence-corrected chi connectivity index (χ2v) is 8.42. The van der Waals surface area contributed by atoms with Gasteiger partial charge in [-0.25, -0.2) is 4.98 Å². The van der Waals surface area contributed by atoms with Gasteiger partial charge in [0.1, 0.15) is 5.82 Å². The normalized spacial score (nSPS) is 15.2. The number of hydrogen-bond donors (Lipinski definition) is 3. The van der Waals surface area contributed by atoms with Crippen molar-refractivity contribution in [3.8, 4) is 11.3 Å². The zero-order chi connectivity index (χ0) is 25.3. The van der Waals surface area contributed by atoms with Crippen molar-refractivity contribution in [3.63, 3.8) is 0 Å². The lowest BCUT2D eigenvalue weighted by Gasteiger charge is -2.28. The third-order valence-corrected chi connectivity index (χ3v) is 6.03. The van der Waals surface area contributed by atoms with E-state index in [4.69, 9.17) is 4.74 Å². The van der Waals surface area contributed by atoms with Gasteiger partial charge in [0, 0.05) is 30.2 Å². The molecule has 0 saturated carbocycles. The lowest BCUT2D eigenvalue weighted by Crippen LogP contribution is -2.36. The van der Waals surface area contributed by atoms with Gasteiger partial charge in [-0.3, -0.25) is 4.79 Å². The molecular weight excluding hydrogens is 473 g/mol. The van der Waals surface area contributed by atoms with Crippen LogP contribution in [0, 0.1) is 0 Å². The van der Waals surface area contributed by atoms with E-state index in [1.165, 1.54) is 18.2 Å². The van der Waals surface area contributed by atoms with Crippen LogP contribution in [0.4, 0.5) is 24.7 Å². The number of nitrogens with zero attached hydrogens (tertiary/aromatic N) is 2. The second kappa shape index (κ2) is 9.63. The number of benzene rings is 2. The SMILES string of the molecule is O=c1cc(-c2cccc(C(F)(F)F)c2)[nH]c2c(NC(O)c3cccc(N4CCOCC4)n3)cccc12. The molecule has 0 aliphatic carbocycles. The van der Waals surface area contributed by atoms with Crippen LogP contribution in [0.25, 0.3) is 22.2 Å². The molecule has 0 bridgehead atoms. The number of nitrogens with one attached hydrogen (secondary N) is 2. The van der Waals surface area contributed by atoms with E-state index in [0.717, 1.165) is 18.0 Å². The van der Waals surface area contributed by atoms with Crippen LogP contribution in [0.15, 0.2) is 71.5 Å². The number of morpholine rings is 1. The molecule has 36 heavy (non-hydrogen) atoms. The number of aromatic amines is 1. The molecule has 0 spiro atoms. The maximum Gasteiger partial charge on any atom is 0.416 e. The van der Waals surface area contributed by atoms with Crippen molar-refractivity contribution >= 4 is 22.4 Å². The monoisotopic (exact) mass is 496 g/mol. The smallest absolute Gasteiger partial charge is 0.378 e. The Hall–Kier alpha value is -3.89. The van der Waals surface area contributed by atoms with E-state index in [9.17, 15) is 23.1 Å². The van der Waals surface area contributed by atoms with Crippen LogP contribution >= 0.6 is 0 Å². The molecule has 0 amide bonds. The minimum absolute atomic E-state index is 0.221. The first-order valence-electron chi connectivity index (χ1n) is 11.4. The molecule has 1 unspecified atom stereocenters. The zero-order valence-corrected chi connectivity index (χ0v) is 19.0. The van der Waals surface area contributed by atoms with Crippen LogP contribution in [-0.2, 0) is 10.9 Å². The second-order valence-electron chi connectivity index (χ2n) is 8.42. The Bertz CT molecular complexity index is 1450. The van der Waals surface area contributed by atoms with E-state index in [-0.39, 0.29) is 16.7 Å². The number of aliphatic hydroxyl groups excluding tert-OH is 1. The number of aliphatic hydroxyl groups is 1. The van der Waals surface area contributed by atoms with Crippen LogP contribution in [0.2, 0.25) is 0 Å². The number of hydrogen-bond acceptors (Lipinski definition) is 6. The number of anilines is 2. The fourth-order valence-electron chi connectivity index (χ4n) is 4.19. The minimum atomic E-state index is -4.51. The summed E-state index contributed by atoms with van der Waals surface area (Å²) in [6.07, 6.45) is -5.70. The summed E-state index contributed by atoms with van der Waals surface area (Å²) in [5, 5.41) is 14.2. The van der Waals surface area contributed by atoms with Gasteiger partial charge >= 0.3 is 6.18 Å². The summed E-state index contributed by atoms with van der Waals surface area (Å²) in [6.45, 7) is 2.60. The summed E-state index contributed by atoms with van der Waals surface area (Å²) in [7, 11) is 0. The Balaban J connectivity index is 1.48. The highest BCUT2D eigenvalue weighted by atomic mass is 19.4. The van der Waals surface area contributed by atoms with Crippen molar-refractivity contribution in [2.45, 2.75) is 12.4 Å². The van der Waals surface area contributed by atoms with Crippen molar-refractivity contribution in [1.29, 1.82) is 0 Å². The highest BCUT2D eigenvalue weighted by Crippen LogP contribution is 2.32. The van der Waals surface area contributed by atoms with E-state index in [1.54, 1.807) is 30.3 Å². The van der Waals surface area contributed by atoms with Crippen molar-refractivity contribution in [2.24, 2.45) is 0 Å². The predicted octanol–water partition coefficient (Wildman–Crippen LogP) is 4.55. The lowest BCUT2D eigenvalue weighted by atomic mass is 10.1. The number of alkyl halides is 3. The Morgan fingerprint density at radius 1 is 1.03 bits per heavy atom. The molecule has 7 nitrogen and oxygen atoms in total. The number of para-hydroxylation sites is 1. The minimum Gasteiger partial charge on any atom is -0.378 e. The topological polar surface area (TPSA) is 90.5 Å². The lowest BCUT2D eigenvalue weighted by molar-refractivity contribution is -0.137. The number of pyridine rings is 2. The first-order valence-corrected chi connectivity index (χ1v) is 11.4. The Labute approximate surface area is 204 Å². The van der Waals surface area contributed by atoms with Crippen molar-refractivity contribution in [1.82, 2.24) is 9.97 Å². The summed E-state index contributed by atoms with van der Waals surface area (Å²) in [5.74, 6) is 0.717. The van der Waals surface area contributed by atoms with Crippen LogP contribution in [0.3, 0.4) is 0 Å². The Kier molecular flexibility index (Phi) is 6.38. The number of halogens is 3. The molecule has 186 valence electrons. The quantitative estimate of drug-likeness (QED) is 0.352. The number of ether oxygens (including phenoxy) is 1. The molecule has 10 heteroatoms. The van der Waals surface area contributed by atoms with E-state index in [2.05, 4.69) is 20.2 Å². The number of rotatable bonds is 5. The van der Waals surface area contributed by atoms with Gasteiger partial charge in [0.05, 0.1) is 35.7 Å². The number of aromatic nitrogens is 2. The molecule has 1 saturated heterocycles. The number of H-pyrrole nitrogens is 1. The van der Waals surface area contributed by atoms with E-state index < -0.39 is 18.0 Å². The predicted molar refractivity (Wildman–Crippen MR) is 131 cm³/mol. The molecule has 5 rings (SSSR count). The summed E-state index contributed by atoms with van der Waals surface area (Å²) in [5.41, 5.74) is 0.433. The summed E-state index contributed by atoms with van der Waals surface area (Å²) in [6, 6.07) is 16.3. The molecule has 1 aliphatic rings. The highest BCUT2D eigenvalue weighted by Gasteiger charge is 2.30. The van der Waals surface area contributed by atoms with Crippen molar-refractivity contribution in [3.05, 3.63) is 88.2 Å². The zero-order valence-electron chi connectivity index (χ0n) is 19.0. The third kappa shape index (κ3) is 4.91. The van der Waals surface area contributed by atoms with Gasteiger partial charge < -0.3 is 25.0 Å². The molecule has 2 aromatic heterocycles. The van der Waals surface area contributed by atoms with Gasteiger partial charge in [0.15, 0.2) is 11.7 Å². The van der Waals surface area contributed by atoms with Crippen molar-refractivity contribution in [2.75, 3.05) is 36.5 Å². The van der Waals surface area contributed by atoms with Gasteiger partial charge in [-0.05, 0) is 42.0 Å². The molecule has 1 aliphatic heterocycles. The van der Waals surface area contributed by atoms with E-state index in [1.807, 2.05) is 6.07 Å². The van der Waals surface area contributed by atoms with Gasteiger partial charge in [-0.2, -0.15) is 13.2 Å². The Morgan fingerprint density at radius 2 is 1.78 bits per heavy atom. The fraction of sp³-hybridized carbons (Fsp3) is 0.231. The first-order chi connectivity index (χ1) is 17.3. The number of fused-ring (bicyclic) bond motifs is 1. The first kappa shape index (κ1) is 23.8. The standard InChI is InChI=1S/C26H23F3N4O3/c27-26(28,29)17-5-1-4-16(14-17)21-15-22(34)18-6-2-7-19(24(18)31-21)32-25(35)20-8-3-9-23(30-20)33-10-12-36-13-11-33/h1-9,14-15,25,32,35H,10-13H2,(H,31,34). The molecule has 1 atom stereocenters. The fourth-order valence-corrected chi connectivity index (χ4v) is 4.19. The molecule has 3 heterocycles. The average Bonchev–Trinajstić information content (AvgIpc) is 2.89. The molecule has 1 fully saturated rings. The Morgan fingerprint density at radius 3 is 2.56 bits per heavy atom. The van der Waals surface area contributed by atoms with E-state index >= 15 is 0 Å². The molecular formula is C26H23F3N4O3. The largest absolute Gasteiger partial charge is 0.416 e. The molecule has 3 N–H and O–H groups in total. The summed E-state index contributed by atoms with van der Waals surface area (Å²) < 4.78 is 45.0. The molecule has 0 radical (unpaired) electrons. The average molecular weight is 496 g/mol. The van der Waals surface area contributed by atoms with Gasteiger partial charge in [0.25, 0.3) is 0 Å². The third-order valence-electron chi connectivity index (χ3n) is 6.03. The van der Waals surface area contributed by atoms with Gasteiger partial charge in [-0.15, -0.1) is 0 Å². The van der Waals surface area contributed by atoms with Crippen LogP contribution < -0.4 is 15.6 Å². The highest BCUT2D eigenvalue weighted by molar-refractivity contribution is 5.92. The maximum atomic E-state index is 13.2.